The van der Waals surface area contributed by atoms with Crippen LogP contribution < -0.4 is 0 Å². The molecule has 1 rings (SSSR count). The van der Waals surface area contributed by atoms with Crippen LogP contribution in [-0.4, -0.2) is 122 Å². The van der Waals surface area contributed by atoms with Gasteiger partial charge in [0.15, 0.2) is 37.7 Å². The Morgan fingerprint density at radius 1 is 0.259 bits per heavy atom. The van der Waals surface area contributed by atoms with Crippen molar-refractivity contribution >= 4 is 0 Å². The van der Waals surface area contributed by atoms with Crippen LogP contribution in [0.2, 0.25) is 0 Å². The Hall–Kier alpha value is -0.560. The highest BCUT2D eigenvalue weighted by Gasteiger charge is 2.69. The van der Waals surface area contributed by atoms with Crippen molar-refractivity contribution in [2.45, 2.75) is 243 Å². The molecule has 2 unspecified atom stereocenters. The second-order valence-corrected chi connectivity index (χ2v) is 18.0. The number of aliphatic hydroxyl groups excluding tert-OH is 8. The summed E-state index contributed by atoms with van der Waals surface area (Å²) >= 11 is 0. The molecule has 0 heterocycles. The zero-order valence-corrected chi connectivity index (χ0v) is 35.8. The van der Waals surface area contributed by atoms with E-state index in [0.29, 0.717) is 89.9 Å². The van der Waals surface area contributed by atoms with Crippen LogP contribution in [-0.2, 0) is 0 Å². The molecule has 0 aromatic rings. The first-order valence-electron chi connectivity index (χ1n) is 23.0. The van der Waals surface area contributed by atoms with E-state index in [1.165, 1.54) is 0 Å². The summed E-state index contributed by atoms with van der Waals surface area (Å²) in [5.74, 6) is 0. The molecule has 0 aliphatic heterocycles. The van der Waals surface area contributed by atoms with E-state index in [-0.39, 0.29) is 51.7 Å². The standard InChI is InChI=1S/C44H88O14/c45-33-41(25-13-1-7-19-35(47)48)31-32-42(34-46,26-14-2-8-20-36(49)50)44(29-17-5-11-23-39(55)56,30-18-6-12-24-40(57)58)43(41,27-15-3-9-21-37(51)52)28-16-4-10-22-38(53)54/h35-40,45-58H,1-34H2. The molecule has 0 amide bonds. The third kappa shape index (κ3) is 18.8. The Morgan fingerprint density at radius 2 is 0.448 bits per heavy atom. The summed E-state index contributed by atoms with van der Waals surface area (Å²) in [6, 6.07) is 0. The third-order valence-electron chi connectivity index (χ3n) is 14.1. The quantitative estimate of drug-likeness (QED) is 0.0305. The van der Waals surface area contributed by atoms with Crippen molar-refractivity contribution < 1.29 is 71.5 Å². The van der Waals surface area contributed by atoms with Gasteiger partial charge in [0, 0.05) is 13.2 Å². The Morgan fingerprint density at radius 3 is 0.621 bits per heavy atom. The molecule has 2 atom stereocenters. The summed E-state index contributed by atoms with van der Waals surface area (Å²) in [5, 5.41) is 140. The highest BCUT2D eigenvalue weighted by atomic mass is 16.5. The largest absolute Gasteiger partial charge is 0.396 e. The summed E-state index contributed by atoms with van der Waals surface area (Å²) in [6.45, 7) is -0.184. The van der Waals surface area contributed by atoms with Gasteiger partial charge in [-0.25, -0.2) is 0 Å². The van der Waals surface area contributed by atoms with Crippen LogP contribution in [0, 0.1) is 21.7 Å². The first-order valence-corrected chi connectivity index (χ1v) is 23.0. The van der Waals surface area contributed by atoms with Gasteiger partial charge in [-0.15, -0.1) is 0 Å². The average molecular weight is 841 g/mol. The maximum atomic E-state index is 12.0. The van der Waals surface area contributed by atoms with Crippen LogP contribution in [0.3, 0.4) is 0 Å². The van der Waals surface area contributed by atoms with E-state index < -0.39 is 59.4 Å². The predicted molar refractivity (Wildman–Crippen MR) is 221 cm³/mol. The summed E-state index contributed by atoms with van der Waals surface area (Å²) in [6.07, 6.45) is 10.9. The summed E-state index contributed by atoms with van der Waals surface area (Å²) in [4.78, 5) is 0. The lowest BCUT2D eigenvalue weighted by Gasteiger charge is -2.72. The monoisotopic (exact) mass is 841 g/mol. The van der Waals surface area contributed by atoms with E-state index in [4.69, 9.17) is 0 Å². The van der Waals surface area contributed by atoms with Crippen molar-refractivity contribution in [2.24, 2.45) is 21.7 Å². The number of rotatable bonds is 38. The zero-order chi connectivity index (χ0) is 43.5. The van der Waals surface area contributed by atoms with Gasteiger partial charge in [0.1, 0.15) is 0 Å². The maximum absolute atomic E-state index is 12.0. The fourth-order valence-corrected chi connectivity index (χ4v) is 11.2. The molecule has 0 spiro atoms. The second-order valence-electron chi connectivity index (χ2n) is 18.0. The normalized spacial score (nSPS) is 20.9. The van der Waals surface area contributed by atoms with Gasteiger partial charge in [0.05, 0.1) is 0 Å². The maximum Gasteiger partial charge on any atom is 0.151 e. The lowest BCUT2D eigenvalue weighted by molar-refractivity contribution is -0.253. The molecule has 1 aliphatic rings. The van der Waals surface area contributed by atoms with Crippen molar-refractivity contribution in [3.8, 4) is 0 Å². The van der Waals surface area contributed by atoms with Crippen LogP contribution in [0.5, 0.6) is 0 Å². The molecule has 1 fully saturated rings. The molecule has 58 heavy (non-hydrogen) atoms. The van der Waals surface area contributed by atoms with E-state index in [9.17, 15) is 71.5 Å². The molecule has 14 nitrogen and oxygen atoms in total. The van der Waals surface area contributed by atoms with E-state index in [2.05, 4.69) is 0 Å². The van der Waals surface area contributed by atoms with Gasteiger partial charge >= 0.3 is 0 Å². The molecule has 348 valence electrons. The number of unbranched alkanes of at least 4 members (excludes halogenated alkanes) is 12. The third-order valence-corrected chi connectivity index (χ3v) is 14.1. The Labute approximate surface area is 349 Å². The Balaban J connectivity index is 4.11. The van der Waals surface area contributed by atoms with Gasteiger partial charge in [0.2, 0.25) is 0 Å². The molecule has 0 aromatic carbocycles. The topological polar surface area (TPSA) is 283 Å². The smallest absolute Gasteiger partial charge is 0.151 e. The molecule has 0 aromatic heterocycles. The molecular formula is C44H88O14. The lowest BCUT2D eigenvalue weighted by atomic mass is 9.32. The lowest BCUT2D eigenvalue weighted by Crippen LogP contribution is -2.66. The van der Waals surface area contributed by atoms with E-state index in [1.807, 2.05) is 0 Å². The van der Waals surface area contributed by atoms with Gasteiger partial charge in [-0.1, -0.05) is 77.0 Å². The van der Waals surface area contributed by atoms with Crippen LogP contribution in [0.15, 0.2) is 0 Å². The van der Waals surface area contributed by atoms with Gasteiger partial charge in [0.25, 0.3) is 0 Å². The van der Waals surface area contributed by atoms with E-state index in [1.54, 1.807) is 0 Å². The Kier molecular flexibility index (Phi) is 29.1. The number of aliphatic hydroxyl groups is 14. The van der Waals surface area contributed by atoms with Gasteiger partial charge in [-0.2, -0.15) is 0 Å². The molecule has 14 N–H and O–H groups in total. The van der Waals surface area contributed by atoms with Crippen LogP contribution in [0.1, 0.15) is 205 Å². The fraction of sp³-hybridized carbons (Fsp3) is 1.00. The minimum atomic E-state index is -1.41. The number of hydrogen-bond acceptors (Lipinski definition) is 14. The second kappa shape index (κ2) is 30.5. The van der Waals surface area contributed by atoms with Crippen LogP contribution in [0.25, 0.3) is 0 Å². The van der Waals surface area contributed by atoms with Crippen molar-refractivity contribution in [1.29, 1.82) is 0 Å². The molecule has 0 bridgehead atoms. The summed E-state index contributed by atoms with van der Waals surface area (Å²) in [5.41, 5.74) is -2.31. The summed E-state index contributed by atoms with van der Waals surface area (Å²) in [7, 11) is 0. The SMILES string of the molecule is OCC1(CCCCCC(O)O)CCC(CO)(CCCCCC(O)O)C(CCCCCC(O)O)(CCCCCC(O)O)C1(CCCCCC(O)O)CCCCCC(O)O. The molecule has 14 heteroatoms. The zero-order valence-electron chi connectivity index (χ0n) is 35.8. The van der Waals surface area contributed by atoms with Crippen molar-refractivity contribution in [3.05, 3.63) is 0 Å². The highest BCUT2D eigenvalue weighted by molar-refractivity contribution is 5.18. The number of hydrogen-bond donors (Lipinski definition) is 14. The van der Waals surface area contributed by atoms with Gasteiger partial charge in [-0.3, -0.25) is 0 Å². The van der Waals surface area contributed by atoms with Crippen molar-refractivity contribution in [3.63, 3.8) is 0 Å². The van der Waals surface area contributed by atoms with Gasteiger partial charge < -0.3 is 71.5 Å². The molecular weight excluding hydrogens is 752 g/mol. The minimum Gasteiger partial charge on any atom is -0.396 e. The van der Waals surface area contributed by atoms with Crippen molar-refractivity contribution in [1.82, 2.24) is 0 Å². The first kappa shape index (κ1) is 55.5. The fourth-order valence-electron chi connectivity index (χ4n) is 11.2. The highest BCUT2D eigenvalue weighted by Crippen LogP contribution is 2.75. The first-order chi connectivity index (χ1) is 27.6. The molecule has 1 saturated carbocycles. The van der Waals surface area contributed by atoms with Crippen LogP contribution >= 0.6 is 0 Å². The molecule has 0 radical (unpaired) electrons. The minimum absolute atomic E-state index is 0.0919. The summed E-state index contributed by atoms with van der Waals surface area (Å²) < 4.78 is 0. The van der Waals surface area contributed by atoms with Gasteiger partial charge in [-0.05, 0) is 150 Å². The molecule has 1 aliphatic carbocycles. The predicted octanol–water partition coefficient (Wildman–Crippen LogP) is 4.28. The molecule has 0 saturated heterocycles. The van der Waals surface area contributed by atoms with E-state index in [0.717, 1.165) is 77.0 Å². The average Bonchev–Trinajstić information content (AvgIpc) is 3.15. The Bertz CT molecular complexity index is 868. The van der Waals surface area contributed by atoms with Crippen molar-refractivity contribution in [2.75, 3.05) is 13.2 Å². The van der Waals surface area contributed by atoms with E-state index >= 15 is 0 Å². The van der Waals surface area contributed by atoms with Crippen LogP contribution in [0.4, 0.5) is 0 Å².